The minimum absolute atomic E-state index is 0.377. The van der Waals surface area contributed by atoms with E-state index < -0.39 is 11.9 Å². The van der Waals surface area contributed by atoms with E-state index in [0.29, 0.717) is 16.6 Å². The predicted molar refractivity (Wildman–Crippen MR) is 106 cm³/mol. The van der Waals surface area contributed by atoms with E-state index >= 15 is 0 Å². The van der Waals surface area contributed by atoms with Gasteiger partial charge < -0.3 is 4.74 Å². The molecule has 2 aromatic heterocycles. The Labute approximate surface area is 166 Å². The number of para-hydroxylation sites is 1. The molecule has 3 aromatic rings. The highest BCUT2D eigenvalue weighted by Gasteiger charge is 2.26. The van der Waals surface area contributed by atoms with E-state index in [2.05, 4.69) is 22.4 Å². The summed E-state index contributed by atoms with van der Waals surface area (Å²) < 4.78 is 5.36. The Hall–Kier alpha value is -2.87. The molecule has 144 valence electrons. The Morgan fingerprint density at radius 2 is 2.11 bits per heavy atom. The molecule has 0 bridgehead atoms. The first-order chi connectivity index (χ1) is 13.5. The van der Waals surface area contributed by atoms with Crippen LogP contribution in [0.5, 0.6) is 0 Å². The number of rotatable bonds is 4. The molecular formula is C20H20N4O3S. The van der Waals surface area contributed by atoms with Crippen molar-refractivity contribution in [1.29, 1.82) is 0 Å². The Morgan fingerprint density at radius 3 is 2.89 bits per heavy atom. The lowest BCUT2D eigenvalue weighted by molar-refractivity contribution is -0.119. The molecule has 8 heteroatoms. The van der Waals surface area contributed by atoms with E-state index in [-0.39, 0.29) is 6.61 Å². The third kappa shape index (κ3) is 3.73. The van der Waals surface area contributed by atoms with Gasteiger partial charge in [-0.2, -0.15) is 0 Å². The Bertz CT molecular complexity index is 1060. The number of pyridine rings is 1. The minimum Gasteiger partial charge on any atom is -0.452 e. The average Bonchev–Trinajstić information content (AvgIpc) is 3.09. The summed E-state index contributed by atoms with van der Waals surface area (Å²) >= 11 is 1.26. The topological polar surface area (TPSA) is 94.1 Å². The van der Waals surface area contributed by atoms with Crippen LogP contribution in [0.15, 0.2) is 24.3 Å². The summed E-state index contributed by atoms with van der Waals surface area (Å²) in [5.41, 5.74) is 3.21. The van der Waals surface area contributed by atoms with Crippen LogP contribution in [0, 0.1) is 12.8 Å². The largest absolute Gasteiger partial charge is 0.452 e. The number of anilines is 1. The van der Waals surface area contributed by atoms with E-state index in [1.165, 1.54) is 11.3 Å². The normalized spacial score (nSPS) is 15.9. The molecule has 1 aromatic carbocycles. The maximum Gasteiger partial charge on any atom is 0.339 e. The average molecular weight is 396 g/mol. The highest BCUT2D eigenvalue weighted by atomic mass is 32.1. The first-order valence-corrected chi connectivity index (χ1v) is 10.0. The number of carbonyl (C=O) groups is 2. The van der Waals surface area contributed by atoms with E-state index in [1.807, 2.05) is 24.3 Å². The van der Waals surface area contributed by atoms with Crippen LogP contribution in [0.25, 0.3) is 10.9 Å². The van der Waals surface area contributed by atoms with Gasteiger partial charge in [0, 0.05) is 11.1 Å². The molecule has 0 saturated heterocycles. The lowest BCUT2D eigenvalue weighted by Gasteiger charge is -2.24. The van der Waals surface area contributed by atoms with Crippen LogP contribution < -0.4 is 5.32 Å². The third-order valence-corrected chi connectivity index (χ3v) is 5.57. The number of hydrogen-bond donors (Lipinski definition) is 1. The molecule has 1 unspecified atom stereocenters. The molecule has 1 aliphatic carbocycles. The van der Waals surface area contributed by atoms with E-state index in [1.54, 1.807) is 6.92 Å². The number of esters is 1. The number of nitrogens with one attached hydrogen (secondary N) is 1. The van der Waals surface area contributed by atoms with Crippen molar-refractivity contribution in [3.8, 4) is 0 Å². The minimum atomic E-state index is -0.493. The second-order valence-electron chi connectivity index (χ2n) is 7.03. The maximum atomic E-state index is 12.9. The van der Waals surface area contributed by atoms with Crippen LogP contribution in [0.2, 0.25) is 0 Å². The molecule has 0 radical (unpaired) electrons. The predicted octanol–water partition coefficient (Wildman–Crippen LogP) is 3.32. The zero-order valence-electron chi connectivity index (χ0n) is 15.7. The number of benzene rings is 1. The van der Waals surface area contributed by atoms with Crippen molar-refractivity contribution in [1.82, 2.24) is 15.2 Å². The van der Waals surface area contributed by atoms with Crippen LogP contribution in [0.1, 0.15) is 40.0 Å². The lowest BCUT2D eigenvalue weighted by Crippen LogP contribution is -2.23. The van der Waals surface area contributed by atoms with Crippen LogP contribution in [0.3, 0.4) is 0 Å². The van der Waals surface area contributed by atoms with Crippen LogP contribution in [-0.4, -0.2) is 33.7 Å². The summed E-state index contributed by atoms with van der Waals surface area (Å²) in [7, 11) is 0. The highest BCUT2D eigenvalue weighted by molar-refractivity contribution is 7.15. The van der Waals surface area contributed by atoms with E-state index in [4.69, 9.17) is 9.72 Å². The molecule has 1 amide bonds. The molecule has 7 nitrogen and oxygen atoms in total. The standard InChI is InChI=1S/C20H20N4O3S/c1-11-7-8-16-14(9-11)18(13-5-3-4-6-15(13)21-16)19(26)27-10-17(25)22-20-24-23-12(2)28-20/h3-6,11H,7-10H2,1-2H3,(H,22,24,25). The van der Waals surface area contributed by atoms with Crippen molar-refractivity contribution < 1.29 is 14.3 Å². The van der Waals surface area contributed by atoms with Gasteiger partial charge in [0.05, 0.1) is 11.1 Å². The number of aromatic nitrogens is 3. The van der Waals surface area contributed by atoms with Crippen molar-refractivity contribution in [3.05, 3.63) is 46.1 Å². The molecule has 0 spiro atoms. The quantitative estimate of drug-likeness (QED) is 0.680. The molecule has 28 heavy (non-hydrogen) atoms. The SMILES string of the molecule is Cc1nnc(NC(=O)COC(=O)c2c3c(nc4ccccc24)CCC(C)C3)s1. The number of carbonyl (C=O) groups excluding carboxylic acids is 2. The second kappa shape index (κ2) is 7.63. The van der Waals surface area contributed by atoms with Crippen molar-refractivity contribution in [3.63, 3.8) is 0 Å². The van der Waals surface area contributed by atoms with Crippen LogP contribution in [0.4, 0.5) is 5.13 Å². The fourth-order valence-electron chi connectivity index (χ4n) is 3.50. The van der Waals surface area contributed by atoms with Gasteiger partial charge >= 0.3 is 5.97 Å². The maximum absolute atomic E-state index is 12.9. The number of amides is 1. The van der Waals surface area contributed by atoms with Gasteiger partial charge in [-0.25, -0.2) is 4.79 Å². The first-order valence-electron chi connectivity index (χ1n) is 9.19. The zero-order chi connectivity index (χ0) is 19.7. The van der Waals surface area contributed by atoms with Gasteiger partial charge in [-0.15, -0.1) is 10.2 Å². The first kappa shape index (κ1) is 18.5. The van der Waals surface area contributed by atoms with Gasteiger partial charge in [0.2, 0.25) is 5.13 Å². The van der Waals surface area contributed by atoms with Crippen molar-refractivity contribution in [2.24, 2.45) is 5.92 Å². The molecule has 2 heterocycles. The monoisotopic (exact) mass is 396 g/mol. The summed E-state index contributed by atoms with van der Waals surface area (Å²) in [5.74, 6) is -0.455. The molecule has 0 fully saturated rings. The summed E-state index contributed by atoms with van der Waals surface area (Å²) in [6.07, 6.45) is 2.68. The molecule has 0 aliphatic heterocycles. The summed E-state index contributed by atoms with van der Waals surface area (Å²) in [6, 6.07) is 7.56. The van der Waals surface area contributed by atoms with Crippen LogP contribution in [-0.2, 0) is 22.4 Å². The summed E-state index contributed by atoms with van der Waals surface area (Å²) in [6.45, 7) is 3.59. The van der Waals surface area contributed by atoms with Crippen molar-refractivity contribution >= 4 is 39.2 Å². The summed E-state index contributed by atoms with van der Waals surface area (Å²) in [4.78, 5) is 29.8. The number of hydrogen-bond acceptors (Lipinski definition) is 7. The Morgan fingerprint density at radius 1 is 1.29 bits per heavy atom. The molecule has 0 saturated carbocycles. The molecular weight excluding hydrogens is 376 g/mol. The Kier molecular flexibility index (Phi) is 5.04. The second-order valence-corrected chi connectivity index (χ2v) is 8.21. The number of ether oxygens (including phenoxy) is 1. The number of nitrogens with zero attached hydrogens (tertiary/aromatic N) is 3. The van der Waals surface area contributed by atoms with Gasteiger partial charge in [0.15, 0.2) is 6.61 Å². The van der Waals surface area contributed by atoms with Crippen molar-refractivity contribution in [2.45, 2.75) is 33.1 Å². The fraction of sp³-hybridized carbons (Fsp3) is 0.350. The smallest absolute Gasteiger partial charge is 0.339 e. The van der Waals surface area contributed by atoms with E-state index in [0.717, 1.165) is 46.4 Å². The van der Waals surface area contributed by atoms with Crippen LogP contribution >= 0.6 is 11.3 Å². The molecule has 1 N–H and O–H groups in total. The van der Waals surface area contributed by atoms with Gasteiger partial charge in [0.1, 0.15) is 5.01 Å². The van der Waals surface area contributed by atoms with E-state index in [9.17, 15) is 9.59 Å². The molecule has 4 rings (SSSR count). The van der Waals surface area contributed by atoms with Gasteiger partial charge in [-0.1, -0.05) is 36.5 Å². The zero-order valence-corrected chi connectivity index (χ0v) is 16.5. The van der Waals surface area contributed by atoms with Crippen molar-refractivity contribution in [2.75, 3.05) is 11.9 Å². The lowest BCUT2D eigenvalue weighted by atomic mass is 9.84. The fourth-order valence-corrected chi connectivity index (χ4v) is 4.11. The van der Waals surface area contributed by atoms with Gasteiger partial charge in [-0.3, -0.25) is 15.1 Å². The summed E-state index contributed by atoms with van der Waals surface area (Å²) in [5, 5.41) is 12.2. The number of aryl methyl sites for hydroxylation is 2. The van der Waals surface area contributed by atoms with Gasteiger partial charge in [0.25, 0.3) is 5.91 Å². The Balaban J connectivity index is 1.58. The molecule has 1 aliphatic rings. The highest BCUT2D eigenvalue weighted by Crippen LogP contribution is 2.32. The number of fused-ring (bicyclic) bond motifs is 2. The third-order valence-electron chi connectivity index (χ3n) is 4.82. The molecule has 1 atom stereocenters. The van der Waals surface area contributed by atoms with Gasteiger partial charge in [-0.05, 0) is 43.7 Å².